The zero-order valence-corrected chi connectivity index (χ0v) is 12.0. The number of thiazole rings is 1. The summed E-state index contributed by atoms with van der Waals surface area (Å²) in [6.45, 7) is 6.32. The second-order valence-corrected chi connectivity index (χ2v) is 5.35. The van der Waals surface area contributed by atoms with Crippen LogP contribution in [0.1, 0.15) is 36.4 Å². The fourth-order valence-corrected chi connectivity index (χ4v) is 3.35. The van der Waals surface area contributed by atoms with Gasteiger partial charge in [0.15, 0.2) is 0 Å². The number of hydrogen-bond donors (Lipinski definition) is 1. The Hall–Kier alpha value is -0.160. The standard InChI is InChI=1S/C12H21N3S.ClH/c1-2-11-9-16-12(14-11)10-4-3-6-15(8-10)7-5-13;/h9-10H,2-8,13H2,1H3;1H. The summed E-state index contributed by atoms with van der Waals surface area (Å²) in [6.07, 6.45) is 3.62. The third-order valence-electron chi connectivity index (χ3n) is 3.23. The molecule has 1 fully saturated rings. The van der Waals surface area contributed by atoms with Gasteiger partial charge in [-0.15, -0.1) is 23.7 Å². The van der Waals surface area contributed by atoms with Crippen molar-refractivity contribution >= 4 is 23.7 Å². The highest BCUT2D eigenvalue weighted by Gasteiger charge is 2.22. The van der Waals surface area contributed by atoms with Crippen molar-refractivity contribution in [1.82, 2.24) is 9.88 Å². The van der Waals surface area contributed by atoms with E-state index in [0.717, 1.165) is 26.1 Å². The van der Waals surface area contributed by atoms with Crippen molar-refractivity contribution in [1.29, 1.82) is 0 Å². The molecule has 1 aromatic heterocycles. The van der Waals surface area contributed by atoms with E-state index in [2.05, 4.69) is 17.2 Å². The summed E-state index contributed by atoms with van der Waals surface area (Å²) in [5.41, 5.74) is 6.86. The van der Waals surface area contributed by atoms with E-state index in [1.165, 1.54) is 30.1 Å². The van der Waals surface area contributed by atoms with Gasteiger partial charge in [-0.2, -0.15) is 0 Å². The summed E-state index contributed by atoms with van der Waals surface area (Å²) in [5, 5.41) is 3.54. The Kier molecular flexibility index (Phi) is 6.41. The van der Waals surface area contributed by atoms with Crippen LogP contribution in [-0.2, 0) is 6.42 Å². The number of nitrogens with two attached hydrogens (primary N) is 1. The van der Waals surface area contributed by atoms with E-state index in [1.807, 2.05) is 11.3 Å². The van der Waals surface area contributed by atoms with E-state index >= 15 is 0 Å². The van der Waals surface area contributed by atoms with E-state index in [1.54, 1.807) is 0 Å². The second kappa shape index (κ2) is 7.31. The first-order valence-corrected chi connectivity index (χ1v) is 7.08. The number of aromatic nitrogens is 1. The minimum absolute atomic E-state index is 0. The molecule has 3 nitrogen and oxygen atoms in total. The lowest BCUT2D eigenvalue weighted by Crippen LogP contribution is -2.37. The molecule has 1 unspecified atom stereocenters. The normalized spacial score (nSPS) is 21.2. The largest absolute Gasteiger partial charge is 0.329 e. The number of aryl methyl sites for hydroxylation is 1. The Morgan fingerprint density at radius 1 is 1.59 bits per heavy atom. The van der Waals surface area contributed by atoms with Gasteiger partial charge in [0.05, 0.1) is 10.7 Å². The van der Waals surface area contributed by atoms with Crippen LogP contribution in [0.2, 0.25) is 0 Å². The molecule has 0 aliphatic carbocycles. The monoisotopic (exact) mass is 275 g/mol. The Morgan fingerprint density at radius 3 is 3.06 bits per heavy atom. The van der Waals surface area contributed by atoms with Crippen LogP contribution < -0.4 is 5.73 Å². The SMILES string of the molecule is CCc1csc(C2CCCN(CCN)C2)n1.Cl. The highest BCUT2D eigenvalue weighted by Crippen LogP contribution is 2.29. The molecule has 0 radical (unpaired) electrons. The van der Waals surface area contributed by atoms with Gasteiger partial charge in [0.1, 0.15) is 0 Å². The minimum Gasteiger partial charge on any atom is -0.329 e. The maximum atomic E-state index is 5.61. The number of rotatable bonds is 4. The second-order valence-electron chi connectivity index (χ2n) is 4.46. The van der Waals surface area contributed by atoms with Crippen LogP contribution in [0, 0.1) is 0 Å². The fourth-order valence-electron chi connectivity index (χ4n) is 2.32. The Morgan fingerprint density at radius 2 is 2.41 bits per heavy atom. The highest BCUT2D eigenvalue weighted by atomic mass is 35.5. The number of nitrogens with zero attached hydrogens (tertiary/aromatic N) is 2. The number of hydrogen-bond acceptors (Lipinski definition) is 4. The van der Waals surface area contributed by atoms with Crippen LogP contribution in [0.4, 0.5) is 0 Å². The molecular weight excluding hydrogens is 254 g/mol. The lowest BCUT2D eigenvalue weighted by Gasteiger charge is -2.31. The van der Waals surface area contributed by atoms with Gasteiger partial charge < -0.3 is 10.6 Å². The van der Waals surface area contributed by atoms with Gasteiger partial charge in [-0.25, -0.2) is 4.98 Å². The van der Waals surface area contributed by atoms with Crippen molar-refractivity contribution in [3.05, 3.63) is 16.1 Å². The summed E-state index contributed by atoms with van der Waals surface area (Å²) in [6, 6.07) is 0. The Labute approximate surface area is 114 Å². The van der Waals surface area contributed by atoms with E-state index in [4.69, 9.17) is 10.7 Å². The quantitative estimate of drug-likeness (QED) is 0.917. The summed E-state index contributed by atoms with van der Waals surface area (Å²) in [5.74, 6) is 0.644. The van der Waals surface area contributed by atoms with Crippen LogP contribution in [0.5, 0.6) is 0 Å². The molecule has 2 N–H and O–H groups in total. The molecule has 0 bridgehead atoms. The molecule has 2 heterocycles. The van der Waals surface area contributed by atoms with E-state index in [9.17, 15) is 0 Å². The molecule has 1 aliphatic heterocycles. The van der Waals surface area contributed by atoms with Gasteiger partial charge in [-0.1, -0.05) is 6.92 Å². The number of halogens is 1. The van der Waals surface area contributed by atoms with Crippen molar-refractivity contribution in [2.45, 2.75) is 32.1 Å². The van der Waals surface area contributed by atoms with Crippen molar-refractivity contribution in [2.24, 2.45) is 5.73 Å². The first-order valence-electron chi connectivity index (χ1n) is 6.20. The van der Waals surface area contributed by atoms with Crippen LogP contribution in [0.3, 0.4) is 0 Å². The molecule has 5 heteroatoms. The summed E-state index contributed by atoms with van der Waals surface area (Å²) in [4.78, 5) is 7.18. The molecule has 17 heavy (non-hydrogen) atoms. The molecule has 0 amide bonds. The summed E-state index contributed by atoms with van der Waals surface area (Å²) < 4.78 is 0. The van der Waals surface area contributed by atoms with Crippen LogP contribution in [-0.4, -0.2) is 36.1 Å². The molecule has 2 rings (SSSR count). The molecule has 0 aromatic carbocycles. The van der Waals surface area contributed by atoms with Gasteiger partial charge in [0, 0.05) is 30.9 Å². The van der Waals surface area contributed by atoms with Crippen molar-refractivity contribution in [3.8, 4) is 0 Å². The molecule has 1 aliphatic rings. The molecular formula is C12H22ClN3S. The average molecular weight is 276 g/mol. The minimum atomic E-state index is 0. The number of likely N-dealkylation sites (tertiary alicyclic amines) is 1. The predicted octanol–water partition coefficient (Wildman–Crippen LogP) is 2.27. The van der Waals surface area contributed by atoms with Gasteiger partial charge in [0.25, 0.3) is 0 Å². The topological polar surface area (TPSA) is 42.1 Å². The first-order chi connectivity index (χ1) is 7.83. The van der Waals surface area contributed by atoms with Crippen molar-refractivity contribution in [2.75, 3.05) is 26.2 Å². The molecule has 1 saturated heterocycles. The van der Waals surface area contributed by atoms with Gasteiger partial charge >= 0.3 is 0 Å². The van der Waals surface area contributed by atoms with E-state index in [0.29, 0.717) is 5.92 Å². The zero-order valence-electron chi connectivity index (χ0n) is 10.4. The van der Waals surface area contributed by atoms with Crippen molar-refractivity contribution < 1.29 is 0 Å². The molecule has 1 atom stereocenters. The summed E-state index contributed by atoms with van der Waals surface area (Å²) >= 11 is 1.83. The van der Waals surface area contributed by atoms with Gasteiger partial charge in [0.2, 0.25) is 0 Å². The maximum Gasteiger partial charge on any atom is 0.0972 e. The van der Waals surface area contributed by atoms with Crippen LogP contribution in [0.25, 0.3) is 0 Å². The first kappa shape index (κ1) is 14.9. The van der Waals surface area contributed by atoms with Crippen LogP contribution >= 0.6 is 23.7 Å². The van der Waals surface area contributed by atoms with E-state index in [-0.39, 0.29) is 12.4 Å². The lowest BCUT2D eigenvalue weighted by molar-refractivity contribution is 0.213. The third-order valence-corrected chi connectivity index (χ3v) is 4.29. The number of piperidine rings is 1. The highest BCUT2D eigenvalue weighted by molar-refractivity contribution is 7.09. The lowest BCUT2D eigenvalue weighted by atomic mass is 9.99. The fraction of sp³-hybridized carbons (Fsp3) is 0.750. The molecule has 0 spiro atoms. The average Bonchev–Trinajstić information content (AvgIpc) is 2.78. The predicted molar refractivity (Wildman–Crippen MR) is 76.2 cm³/mol. The van der Waals surface area contributed by atoms with Gasteiger partial charge in [-0.05, 0) is 25.8 Å². The Balaban J connectivity index is 0.00000144. The van der Waals surface area contributed by atoms with Crippen LogP contribution in [0.15, 0.2) is 5.38 Å². The van der Waals surface area contributed by atoms with Crippen molar-refractivity contribution in [3.63, 3.8) is 0 Å². The summed E-state index contributed by atoms with van der Waals surface area (Å²) in [7, 11) is 0. The zero-order chi connectivity index (χ0) is 11.4. The maximum absolute atomic E-state index is 5.61. The molecule has 0 saturated carbocycles. The van der Waals surface area contributed by atoms with Gasteiger partial charge in [-0.3, -0.25) is 0 Å². The smallest absolute Gasteiger partial charge is 0.0972 e. The molecule has 1 aromatic rings. The third kappa shape index (κ3) is 3.91. The Bertz CT molecular complexity index is 327. The van der Waals surface area contributed by atoms with E-state index < -0.39 is 0 Å². The molecule has 98 valence electrons.